The van der Waals surface area contributed by atoms with Gasteiger partial charge in [-0.25, -0.2) is 4.39 Å². The molecule has 1 aromatic rings. The molecule has 1 aromatic carbocycles. The molecule has 3 nitrogen and oxygen atoms in total. The number of anilines is 1. The van der Waals surface area contributed by atoms with Crippen LogP contribution in [0, 0.1) is 5.82 Å². The molecule has 1 fully saturated rings. The second-order valence-electron chi connectivity index (χ2n) is 4.51. The first-order chi connectivity index (χ1) is 8.65. The lowest BCUT2D eigenvalue weighted by atomic mass is 10.1. The molecule has 1 aliphatic heterocycles. The van der Waals surface area contributed by atoms with Crippen molar-refractivity contribution in [2.45, 2.75) is 19.3 Å². The maximum Gasteiger partial charge on any atom is 0.238 e. The number of benzene rings is 1. The summed E-state index contributed by atoms with van der Waals surface area (Å²) in [5, 5.41) is 2.93. The lowest BCUT2D eigenvalue weighted by molar-refractivity contribution is -0.117. The van der Waals surface area contributed by atoms with E-state index in [1.54, 1.807) is 0 Å². The number of likely N-dealkylation sites (tertiary alicyclic amines) is 1. The normalized spacial score (nSPS) is 16.6. The van der Waals surface area contributed by atoms with E-state index in [0.29, 0.717) is 12.2 Å². The molecule has 0 atom stereocenters. The van der Waals surface area contributed by atoms with Crippen molar-refractivity contribution in [2.75, 3.05) is 25.0 Å². The van der Waals surface area contributed by atoms with Crippen LogP contribution >= 0.6 is 11.6 Å². The van der Waals surface area contributed by atoms with Crippen LogP contribution in [0.2, 0.25) is 5.02 Å². The quantitative estimate of drug-likeness (QED) is 0.916. The van der Waals surface area contributed by atoms with Gasteiger partial charge in [-0.1, -0.05) is 18.0 Å². The van der Waals surface area contributed by atoms with E-state index < -0.39 is 5.82 Å². The van der Waals surface area contributed by atoms with E-state index in [2.05, 4.69) is 10.2 Å². The van der Waals surface area contributed by atoms with Gasteiger partial charge in [0, 0.05) is 0 Å². The molecule has 18 heavy (non-hydrogen) atoms. The molecule has 5 heteroatoms. The average molecular weight is 271 g/mol. The van der Waals surface area contributed by atoms with Crippen molar-refractivity contribution < 1.29 is 9.18 Å². The number of carbonyl (C=O) groups is 1. The first-order valence-electron chi connectivity index (χ1n) is 6.12. The Morgan fingerprint density at radius 3 is 2.72 bits per heavy atom. The highest BCUT2D eigenvalue weighted by Crippen LogP contribution is 2.22. The Labute approximate surface area is 111 Å². The van der Waals surface area contributed by atoms with Crippen molar-refractivity contribution in [1.29, 1.82) is 0 Å². The van der Waals surface area contributed by atoms with Crippen LogP contribution in [0.15, 0.2) is 18.2 Å². The molecular weight excluding hydrogens is 255 g/mol. The summed E-state index contributed by atoms with van der Waals surface area (Å²) in [6, 6.07) is 3.95. The van der Waals surface area contributed by atoms with Crippen molar-refractivity contribution in [2.24, 2.45) is 0 Å². The Kier molecular flexibility index (Phi) is 4.55. The number of rotatable bonds is 3. The van der Waals surface area contributed by atoms with Crippen LogP contribution in [0.3, 0.4) is 0 Å². The summed E-state index contributed by atoms with van der Waals surface area (Å²) in [6.07, 6.45) is 3.52. The number of amides is 1. The van der Waals surface area contributed by atoms with Crippen LogP contribution in [0.25, 0.3) is 0 Å². The second-order valence-corrected chi connectivity index (χ2v) is 4.92. The van der Waals surface area contributed by atoms with Crippen LogP contribution in [0.4, 0.5) is 10.1 Å². The fourth-order valence-corrected chi connectivity index (χ4v) is 2.32. The van der Waals surface area contributed by atoms with Gasteiger partial charge in [0.05, 0.1) is 17.3 Å². The van der Waals surface area contributed by atoms with Gasteiger partial charge in [-0.15, -0.1) is 0 Å². The largest absolute Gasteiger partial charge is 0.324 e. The molecule has 0 radical (unpaired) electrons. The molecule has 0 unspecified atom stereocenters. The monoisotopic (exact) mass is 270 g/mol. The van der Waals surface area contributed by atoms with Gasteiger partial charge in [-0.3, -0.25) is 9.69 Å². The summed E-state index contributed by atoms with van der Waals surface area (Å²) in [6.45, 7) is 2.29. The summed E-state index contributed by atoms with van der Waals surface area (Å²) in [5.41, 5.74) is 0.458. The summed E-state index contributed by atoms with van der Waals surface area (Å²) in [5.74, 6) is -0.514. The SMILES string of the molecule is O=C(CN1CCCCC1)Nc1ccc(F)cc1Cl. The van der Waals surface area contributed by atoms with Crippen LogP contribution in [0.5, 0.6) is 0 Å². The van der Waals surface area contributed by atoms with Gasteiger partial charge in [0.25, 0.3) is 0 Å². The van der Waals surface area contributed by atoms with Crippen molar-refractivity contribution in [1.82, 2.24) is 4.90 Å². The van der Waals surface area contributed by atoms with Gasteiger partial charge in [0.1, 0.15) is 5.82 Å². The molecule has 98 valence electrons. The number of hydrogen-bond acceptors (Lipinski definition) is 2. The molecule has 0 spiro atoms. The highest BCUT2D eigenvalue weighted by molar-refractivity contribution is 6.33. The zero-order valence-electron chi connectivity index (χ0n) is 10.1. The van der Waals surface area contributed by atoms with Crippen LogP contribution in [0.1, 0.15) is 19.3 Å². The molecule has 2 rings (SSSR count). The maximum atomic E-state index is 12.9. The van der Waals surface area contributed by atoms with E-state index in [9.17, 15) is 9.18 Å². The second kappa shape index (κ2) is 6.16. The molecule has 0 bridgehead atoms. The Balaban J connectivity index is 1.90. The minimum atomic E-state index is -0.408. The first-order valence-corrected chi connectivity index (χ1v) is 6.50. The smallest absolute Gasteiger partial charge is 0.238 e. The van der Waals surface area contributed by atoms with Crippen molar-refractivity contribution in [3.8, 4) is 0 Å². The number of nitrogens with one attached hydrogen (secondary N) is 1. The lowest BCUT2D eigenvalue weighted by Crippen LogP contribution is -2.36. The molecule has 0 aromatic heterocycles. The number of piperidine rings is 1. The Hall–Kier alpha value is -1.13. The fourth-order valence-electron chi connectivity index (χ4n) is 2.10. The van der Waals surface area contributed by atoms with E-state index in [1.165, 1.54) is 24.6 Å². The molecule has 1 saturated heterocycles. The number of hydrogen-bond donors (Lipinski definition) is 1. The highest BCUT2D eigenvalue weighted by atomic mass is 35.5. The average Bonchev–Trinajstić information content (AvgIpc) is 2.34. The summed E-state index contributed by atoms with van der Waals surface area (Å²) < 4.78 is 12.9. The fraction of sp³-hybridized carbons (Fsp3) is 0.462. The third kappa shape index (κ3) is 3.68. The van der Waals surface area contributed by atoms with Crippen molar-refractivity contribution in [3.05, 3.63) is 29.0 Å². The van der Waals surface area contributed by atoms with E-state index >= 15 is 0 Å². The molecule has 1 aliphatic rings. The van der Waals surface area contributed by atoms with Gasteiger partial charge >= 0.3 is 0 Å². The third-order valence-electron chi connectivity index (χ3n) is 3.02. The minimum Gasteiger partial charge on any atom is -0.324 e. The van der Waals surface area contributed by atoms with Gasteiger partial charge in [-0.2, -0.15) is 0 Å². The molecular formula is C13H16ClFN2O. The highest BCUT2D eigenvalue weighted by Gasteiger charge is 2.14. The van der Waals surface area contributed by atoms with E-state index in [4.69, 9.17) is 11.6 Å². The Bertz CT molecular complexity index is 433. The summed E-state index contributed by atoms with van der Waals surface area (Å²) in [7, 11) is 0. The van der Waals surface area contributed by atoms with Crippen molar-refractivity contribution >= 4 is 23.2 Å². The number of carbonyl (C=O) groups excluding carboxylic acids is 1. The zero-order chi connectivity index (χ0) is 13.0. The summed E-state index contributed by atoms with van der Waals surface area (Å²) in [4.78, 5) is 13.9. The standard InChI is InChI=1S/C13H16ClFN2O/c14-11-8-10(15)4-5-12(11)16-13(18)9-17-6-2-1-3-7-17/h4-5,8H,1-3,6-7,9H2,(H,16,18). The molecule has 1 N–H and O–H groups in total. The van der Waals surface area contributed by atoms with Gasteiger partial charge in [-0.05, 0) is 44.1 Å². The van der Waals surface area contributed by atoms with Crippen molar-refractivity contribution in [3.63, 3.8) is 0 Å². The predicted octanol–water partition coefficient (Wildman–Crippen LogP) is 2.90. The van der Waals surface area contributed by atoms with E-state index in [0.717, 1.165) is 25.9 Å². The van der Waals surface area contributed by atoms with Gasteiger partial charge in [0.15, 0.2) is 0 Å². The zero-order valence-corrected chi connectivity index (χ0v) is 10.8. The molecule has 0 aliphatic carbocycles. The topological polar surface area (TPSA) is 32.3 Å². The van der Waals surface area contributed by atoms with E-state index in [1.807, 2.05) is 0 Å². The van der Waals surface area contributed by atoms with Gasteiger partial charge < -0.3 is 5.32 Å². The van der Waals surface area contributed by atoms with Crippen LogP contribution in [-0.2, 0) is 4.79 Å². The minimum absolute atomic E-state index is 0.106. The van der Waals surface area contributed by atoms with Crippen LogP contribution in [-0.4, -0.2) is 30.4 Å². The molecule has 1 amide bonds. The first kappa shape index (κ1) is 13.3. The van der Waals surface area contributed by atoms with E-state index in [-0.39, 0.29) is 10.9 Å². The van der Waals surface area contributed by atoms with Crippen LogP contribution < -0.4 is 5.32 Å². The Morgan fingerprint density at radius 2 is 2.06 bits per heavy atom. The Morgan fingerprint density at radius 1 is 1.33 bits per heavy atom. The molecule has 0 saturated carbocycles. The molecule has 1 heterocycles. The van der Waals surface area contributed by atoms with Gasteiger partial charge in [0.2, 0.25) is 5.91 Å². The lowest BCUT2D eigenvalue weighted by Gasteiger charge is -2.25. The summed E-state index contributed by atoms with van der Waals surface area (Å²) >= 11 is 5.85. The third-order valence-corrected chi connectivity index (χ3v) is 3.33. The predicted molar refractivity (Wildman–Crippen MR) is 70.3 cm³/mol. The number of nitrogens with zero attached hydrogens (tertiary/aromatic N) is 1. The maximum absolute atomic E-state index is 12.9. The number of halogens is 2.